The summed E-state index contributed by atoms with van der Waals surface area (Å²) in [6.45, 7) is 33.6. The molecule has 0 aromatic heterocycles. The molecule has 0 bridgehead atoms. The maximum Gasteiger partial charge on any atom is 0.206 e. The van der Waals surface area contributed by atoms with E-state index in [2.05, 4.69) is 97.9 Å². The maximum atomic E-state index is 16.2. The first-order chi connectivity index (χ1) is 27.6. The van der Waals surface area contributed by atoms with Crippen molar-refractivity contribution in [2.24, 2.45) is 16.2 Å². The van der Waals surface area contributed by atoms with E-state index >= 15 is 8.42 Å². The second-order valence-corrected chi connectivity index (χ2v) is 20.1. The van der Waals surface area contributed by atoms with E-state index in [1.807, 2.05) is 61.5 Å². The van der Waals surface area contributed by atoms with Crippen LogP contribution in [0.2, 0.25) is 0 Å². The van der Waals surface area contributed by atoms with Crippen LogP contribution in [0.4, 0.5) is 0 Å². The largest absolute Gasteiger partial charge is 0.510 e. The average Bonchev–Trinajstić information content (AvgIpc) is 3.14. The number of ether oxygens (including phenoxy) is 3. The maximum absolute atomic E-state index is 16.2. The number of rotatable bonds is 22. The molecule has 1 aromatic rings. The van der Waals surface area contributed by atoms with Gasteiger partial charge in [-0.2, -0.15) is 0 Å². The number of sulfone groups is 1. The van der Waals surface area contributed by atoms with Crippen LogP contribution in [0.15, 0.2) is 127 Å². The van der Waals surface area contributed by atoms with Crippen LogP contribution in [-0.4, -0.2) is 45.2 Å². The van der Waals surface area contributed by atoms with Crippen LogP contribution < -0.4 is 0 Å². The Morgan fingerprint density at radius 2 is 0.966 bits per heavy atom. The van der Waals surface area contributed by atoms with E-state index in [0.717, 1.165) is 39.0 Å². The Balaban J connectivity index is 4.04. The van der Waals surface area contributed by atoms with Crippen LogP contribution in [0.1, 0.15) is 149 Å². The third-order valence-electron chi connectivity index (χ3n) is 11.7. The molecule has 0 fully saturated rings. The smallest absolute Gasteiger partial charge is 0.206 e. The van der Waals surface area contributed by atoms with Crippen molar-refractivity contribution in [1.29, 1.82) is 0 Å². The van der Waals surface area contributed by atoms with Gasteiger partial charge in [0.15, 0.2) is 6.29 Å². The standard InChI is InChI=1S/C52H80O6S/c1-17-56-48(57-18-2)51(35-28-42(11)12)46(53)47(59(54,55)45-22-20-19-21-23-45)49(31-24-38(3)4,32-25-39(5)6)52(36-29-43(13)14,58-37-30-44(15)16)50(51,33-26-40(7)8)34-27-41(9)10/h19-30,48,53H,17-18,31-37H2,1-16H3. The summed E-state index contributed by atoms with van der Waals surface area (Å²) in [4.78, 5) is 0.0875. The highest BCUT2D eigenvalue weighted by atomic mass is 32.2. The monoisotopic (exact) mass is 833 g/mol. The Morgan fingerprint density at radius 3 is 1.37 bits per heavy atom. The minimum Gasteiger partial charge on any atom is -0.510 e. The summed E-state index contributed by atoms with van der Waals surface area (Å²) < 4.78 is 53.8. The van der Waals surface area contributed by atoms with Gasteiger partial charge in [0, 0.05) is 24.0 Å². The van der Waals surface area contributed by atoms with Crippen molar-refractivity contribution in [2.75, 3.05) is 19.8 Å². The normalized spacial score (nSPS) is 19.7. The van der Waals surface area contributed by atoms with Crippen LogP contribution in [0.25, 0.3) is 0 Å². The molecule has 1 N–H and O–H groups in total. The lowest BCUT2D eigenvalue weighted by Crippen LogP contribution is -2.73. The Labute approximate surface area is 360 Å². The molecule has 0 heterocycles. The zero-order valence-corrected chi connectivity index (χ0v) is 40.6. The molecule has 2 atom stereocenters. The van der Waals surface area contributed by atoms with Gasteiger partial charge < -0.3 is 19.3 Å². The molecule has 0 aliphatic heterocycles. The summed E-state index contributed by atoms with van der Waals surface area (Å²) in [6, 6.07) is 8.59. The number of aliphatic hydroxyl groups excluding tert-OH is 1. The lowest BCUT2D eigenvalue weighted by Gasteiger charge is -2.70. The Morgan fingerprint density at radius 1 is 0.576 bits per heavy atom. The van der Waals surface area contributed by atoms with Crippen LogP contribution in [0, 0.1) is 16.2 Å². The highest BCUT2D eigenvalue weighted by Crippen LogP contribution is 2.75. The van der Waals surface area contributed by atoms with Gasteiger partial charge in [0.05, 0.1) is 27.4 Å². The topological polar surface area (TPSA) is 82.1 Å². The first kappa shape index (κ1) is 51.9. The fraction of sp³-hybridized carbons (Fsp3) is 0.577. The molecule has 0 saturated carbocycles. The van der Waals surface area contributed by atoms with E-state index in [4.69, 9.17) is 14.2 Å². The van der Waals surface area contributed by atoms with Crippen molar-refractivity contribution in [3.63, 3.8) is 0 Å². The molecule has 7 heteroatoms. The summed E-state index contributed by atoms with van der Waals surface area (Å²) in [5, 5.41) is 14.1. The molecule has 1 aliphatic carbocycles. The third kappa shape index (κ3) is 11.6. The number of aliphatic hydroxyl groups is 1. The zero-order chi connectivity index (χ0) is 44.8. The van der Waals surface area contributed by atoms with Crippen LogP contribution >= 0.6 is 0 Å². The SMILES string of the molecule is CCOC(OCC)C1(CC=C(C)C)C(O)=C(S(=O)(=O)c2ccccc2)C(CC=C(C)C)(CC=C(C)C)C(CC=C(C)C)(OCC=C(C)C)C1(CC=C(C)C)CC=C(C)C. The number of allylic oxidation sites excluding steroid dienone is 12. The van der Waals surface area contributed by atoms with Crippen molar-refractivity contribution in [2.45, 2.75) is 166 Å². The quantitative estimate of drug-likeness (QED) is 0.0926. The summed E-state index contributed by atoms with van der Waals surface area (Å²) in [6.07, 6.45) is 16.2. The van der Waals surface area contributed by atoms with Crippen LogP contribution in [0.5, 0.6) is 0 Å². The molecule has 59 heavy (non-hydrogen) atoms. The minimum absolute atomic E-state index is 0.0258. The molecule has 1 aromatic carbocycles. The molecule has 2 unspecified atom stereocenters. The Bertz CT molecular complexity index is 1840. The molecule has 2 rings (SSSR count). The van der Waals surface area contributed by atoms with Crippen molar-refractivity contribution >= 4 is 9.84 Å². The highest BCUT2D eigenvalue weighted by molar-refractivity contribution is 7.95. The van der Waals surface area contributed by atoms with Crippen LogP contribution in [0.3, 0.4) is 0 Å². The average molecular weight is 833 g/mol. The van der Waals surface area contributed by atoms with Gasteiger partial charge in [0.25, 0.3) is 0 Å². The van der Waals surface area contributed by atoms with E-state index in [1.54, 1.807) is 24.3 Å². The van der Waals surface area contributed by atoms with Gasteiger partial charge >= 0.3 is 0 Å². The van der Waals surface area contributed by atoms with E-state index in [9.17, 15) is 5.11 Å². The first-order valence-corrected chi connectivity index (χ1v) is 23.1. The van der Waals surface area contributed by atoms with Crippen molar-refractivity contribution < 1.29 is 27.7 Å². The fourth-order valence-electron chi connectivity index (χ4n) is 8.80. The molecule has 0 radical (unpaired) electrons. The molecule has 0 spiro atoms. The summed E-state index contributed by atoms with van der Waals surface area (Å²) >= 11 is 0. The lowest BCUT2D eigenvalue weighted by molar-refractivity contribution is -0.305. The highest BCUT2D eigenvalue weighted by Gasteiger charge is 2.78. The van der Waals surface area contributed by atoms with Crippen molar-refractivity contribution in [3.8, 4) is 0 Å². The van der Waals surface area contributed by atoms with Crippen molar-refractivity contribution in [1.82, 2.24) is 0 Å². The van der Waals surface area contributed by atoms with Gasteiger partial charge in [-0.25, -0.2) is 8.42 Å². The second kappa shape index (κ2) is 22.6. The number of benzene rings is 1. The second-order valence-electron chi connectivity index (χ2n) is 18.2. The van der Waals surface area contributed by atoms with Gasteiger partial charge in [0.1, 0.15) is 5.76 Å². The Kier molecular flexibility index (Phi) is 19.9. The molecule has 6 nitrogen and oxygen atoms in total. The number of hydrogen-bond acceptors (Lipinski definition) is 6. The zero-order valence-electron chi connectivity index (χ0n) is 39.8. The predicted octanol–water partition coefficient (Wildman–Crippen LogP) is 14.5. The molecular formula is C52H80O6S. The fourth-order valence-corrected chi connectivity index (χ4v) is 10.8. The summed E-state index contributed by atoms with van der Waals surface area (Å²) in [5.41, 5.74) is 2.21. The minimum atomic E-state index is -4.46. The lowest BCUT2D eigenvalue weighted by atomic mass is 9.39. The van der Waals surface area contributed by atoms with Crippen LogP contribution in [-0.2, 0) is 24.0 Å². The van der Waals surface area contributed by atoms with E-state index < -0.39 is 38.0 Å². The van der Waals surface area contributed by atoms with Gasteiger partial charge in [-0.1, -0.05) is 99.7 Å². The van der Waals surface area contributed by atoms with Crippen molar-refractivity contribution in [3.05, 3.63) is 123 Å². The van der Waals surface area contributed by atoms with Gasteiger partial charge in [-0.05, 0) is 161 Å². The molecular weight excluding hydrogens is 753 g/mol. The molecule has 0 saturated heterocycles. The first-order valence-electron chi connectivity index (χ1n) is 21.6. The summed E-state index contributed by atoms with van der Waals surface area (Å²) in [7, 11) is -4.46. The van der Waals surface area contributed by atoms with Gasteiger partial charge in [0.2, 0.25) is 9.84 Å². The molecule has 1 aliphatic rings. The predicted molar refractivity (Wildman–Crippen MR) is 250 cm³/mol. The molecule has 0 amide bonds. The van der Waals surface area contributed by atoms with Gasteiger partial charge in [-0.3, -0.25) is 0 Å². The Hall–Kier alpha value is -3.23. The van der Waals surface area contributed by atoms with E-state index in [0.29, 0.717) is 19.3 Å². The third-order valence-corrected chi connectivity index (χ3v) is 13.7. The van der Waals surface area contributed by atoms with E-state index in [1.165, 1.54) is 0 Å². The summed E-state index contributed by atoms with van der Waals surface area (Å²) in [5.74, 6) is -0.210. The van der Waals surface area contributed by atoms with Gasteiger partial charge in [-0.15, -0.1) is 0 Å². The molecule has 330 valence electrons. The van der Waals surface area contributed by atoms with E-state index in [-0.39, 0.29) is 54.6 Å². The number of hydrogen-bond donors (Lipinski definition) is 1.